The van der Waals surface area contributed by atoms with Crippen LogP contribution in [0.2, 0.25) is 0 Å². The number of aliphatic hydroxyl groups excluding tert-OH is 3. The summed E-state index contributed by atoms with van der Waals surface area (Å²) in [6.45, 7) is 25.7. The summed E-state index contributed by atoms with van der Waals surface area (Å²) >= 11 is 0. The third-order valence-corrected chi connectivity index (χ3v) is 4.46. The SMILES string of the molecule is CC(C)CC(O)CC(C)C.CC(C)CC(O)CC(C)C.CC(C)CC(O)CC(C)C.OB(O)O. The Balaban J connectivity index is -0.000000184. The average Bonchev–Trinajstić information content (AvgIpc) is 2.50. The summed E-state index contributed by atoms with van der Waals surface area (Å²) in [6.07, 6.45) is 5.41. The highest BCUT2D eigenvalue weighted by Crippen LogP contribution is 2.13. The second-order valence-corrected chi connectivity index (χ2v) is 12.1. The molecule has 0 bridgehead atoms. The molecular weight excluding hydrogens is 431 g/mol. The van der Waals surface area contributed by atoms with E-state index in [4.69, 9.17) is 15.1 Å². The largest absolute Gasteiger partial charge is 0.631 e. The zero-order chi connectivity index (χ0) is 28.0. The molecule has 0 rings (SSSR count). The van der Waals surface area contributed by atoms with Crippen LogP contribution in [0, 0.1) is 35.5 Å². The van der Waals surface area contributed by atoms with Crippen LogP contribution in [0.5, 0.6) is 0 Å². The maximum absolute atomic E-state index is 9.39. The van der Waals surface area contributed by atoms with Gasteiger partial charge in [-0.25, -0.2) is 0 Å². The highest BCUT2D eigenvalue weighted by atomic mass is 16.5. The summed E-state index contributed by atoms with van der Waals surface area (Å²) in [7, 11) is -2.17. The summed E-state index contributed by atoms with van der Waals surface area (Å²) in [5, 5.41) is 49.7. The second kappa shape index (κ2) is 25.9. The Hall–Kier alpha value is -0.175. The van der Waals surface area contributed by atoms with Crippen molar-refractivity contribution in [1.29, 1.82) is 0 Å². The summed E-state index contributed by atoms with van der Waals surface area (Å²) in [5.41, 5.74) is 0. The third kappa shape index (κ3) is 53.3. The molecule has 0 aliphatic rings. The van der Waals surface area contributed by atoms with Gasteiger partial charge < -0.3 is 30.4 Å². The van der Waals surface area contributed by atoms with Crippen molar-refractivity contribution in [2.75, 3.05) is 0 Å². The number of aliphatic hydroxyl groups is 3. The Labute approximate surface area is 213 Å². The maximum atomic E-state index is 9.39. The lowest BCUT2D eigenvalue weighted by Gasteiger charge is -2.14. The van der Waals surface area contributed by atoms with Crippen LogP contribution in [-0.4, -0.2) is 56.0 Å². The average molecular weight is 495 g/mol. The van der Waals surface area contributed by atoms with Gasteiger partial charge in [0, 0.05) is 0 Å². The Kier molecular flexibility index (Phi) is 31.2. The molecule has 34 heavy (non-hydrogen) atoms. The first kappa shape index (κ1) is 41.0. The molecule has 0 aromatic heterocycles. The van der Waals surface area contributed by atoms with Gasteiger partial charge in [-0.1, -0.05) is 83.1 Å². The lowest BCUT2D eigenvalue weighted by Crippen LogP contribution is -2.12. The molecule has 0 saturated heterocycles. The van der Waals surface area contributed by atoms with E-state index in [0.29, 0.717) is 35.5 Å². The molecular formula is C27H63BO6. The first-order valence-corrected chi connectivity index (χ1v) is 13.4. The predicted octanol–water partition coefficient (Wildman–Crippen LogP) is 5.27. The van der Waals surface area contributed by atoms with Gasteiger partial charge in [-0.05, 0) is 74.0 Å². The van der Waals surface area contributed by atoms with Gasteiger partial charge >= 0.3 is 7.32 Å². The molecule has 0 aromatic carbocycles. The summed E-state index contributed by atoms with van der Waals surface area (Å²) in [6, 6.07) is 0. The van der Waals surface area contributed by atoms with E-state index in [-0.39, 0.29) is 18.3 Å². The van der Waals surface area contributed by atoms with Crippen LogP contribution in [0.15, 0.2) is 0 Å². The molecule has 0 radical (unpaired) electrons. The monoisotopic (exact) mass is 494 g/mol. The molecule has 6 N–H and O–H groups in total. The quantitative estimate of drug-likeness (QED) is 0.206. The van der Waals surface area contributed by atoms with Crippen molar-refractivity contribution >= 4 is 7.32 Å². The van der Waals surface area contributed by atoms with Crippen molar-refractivity contribution in [2.45, 2.75) is 140 Å². The third-order valence-electron chi connectivity index (χ3n) is 4.46. The van der Waals surface area contributed by atoms with Gasteiger partial charge in [0.2, 0.25) is 0 Å². The zero-order valence-electron chi connectivity index (χ0n) is 24.7. The van der Waals surface area contributed by atoms with E-state index < -0.39 is 7.32 Å². The summed E-state index contributed by atoms with van der Waals surface area (Å²) < 4.78 is 0. The van der Waals surface area contributed by atoms with Crippen molar-refractivity contribution in [3.05, 3.63) is 0 Å². The van der Waals surface area contributed by atoms with Crippen molar-refractivity contribution in [3.8, 4) is 0 Å². The number of rotatable bonds is 12. The van der Waals surface area contributed by atoms with E-state index >= 15 is 0 Å². The van der Waals surface area contributed by atoms with E-state index in [0.717, 1.165) is 38.5 Å². The highest BCUT2D eigenvalue weighted by molar-refractivity contribution is 6.30. The van der Waals surface area contributed by atoms with E-state index in [1.54, 1.807) is 0 Å². The molecule has 0 fully saturated rings. The van der Waals surface area contributed by atoms with Gasteiger partial charge in [0.1, 0.15) is 0 Å². The summed E-state index contributed by atoms with van der Waals surface area (Å²) in [5.74, 6) is 3.72. The molecule has 6 nitrogen and oxygen atoms in total. The molecule has 0 spiro atoms. The Bertz CT molecular complexity index is 302. The molecule has 0 amide bonds. The van der Waals surface area contributed by atoms with Crippen LogP contribution in [-0.2, 0) is 0 Å². The van der Waals surface area contributed by atoms with E-state index in [1.165, 1.54) is 0 Å². The smallest absolute Gasteiger partial charge is 0.402 e. The fourth-order valence-electron chi connectivity index (χ4n) is 3.55. The molecule has 0 aliphatic heterocycles. The van der Waals surface area contributed by atoms with Gasteiger partial charge in [-0.15, -0.1) is 0 Å². The van der Waals surface area contributed by atoms with Gasteiger partial charge in [-0.3, -0.25) is 0 Å². The molecule has 0 atom stereocenters. The van der Waals surface area contributed by atoms with Crippen LogP contribution in [0.3, 0.4) is 0 Å². The van der Waals surface area contributed by atoms with Crippen LogP contribution in [0.4, 0.5) is 0 Å². The minimum atomic E-state index is -2.17. The topological polar surface area (TPSA) is 121 Å². The normalized spacial score (nSPS) is 11.4. The molecule has 0 unspecified atom stereocenters. The molecule has 0 heterocycles. The van der Waals surface area contributed by atoms with Crippen LogP contribution >= 0.6 is 0 Å². The minimum Gasteiger partial charge on any atom is -0.402 e. The summed E-state index contributed by atoms with van der Waals surface area (Å²) in [4.78, 5) is 0. The fourth-order valence-corrected chi connectivity index (χ4v) is 3.55. The van der Waals surface area contributed by atoms with E-state index in [9.17, 15) is 15.3 Å². The van der Waals surface area contributed by atoms with Crippen LogP contribution in [0.25, 0.3) is 0 Å². The van der Waals surface area contributed by atoms with E-state index in [1.807, 2.05) is 0 Å². The standard InChI is InChI=1S/3C9H20O.BH3O3/c3*1-7(2)5-9(10)6-8(3)4;2-1(3)4/h3*7-10H,5-6H2,1-4H3;2-4H. The van der Waals surface area contributed by atoms with E-state index in [2.05, 4.69) is 83.1 Å². The Morgan fingerprint density at radius 1 is 0.353 bits per heavy atom. The van der Waals surface area contributed by atoms with Gasteiger partial charge in [0.05, 0.1) is 18.3 Å². The molecule has 7 heteroatoms. The highest BCUT2D eigenvalue weighted by Gasteiger charge is 2.09. The minimum absolute atomic E-state index is 0.0833. The van der Waals surface area contributed by atoms with Crippen molar-refractivity contribution in [2.24, 2.45) is 35.5 Å². The van der Waals surface area contributed by atoms with Crippen LogP contribution < -0.4 is 0 Å². The number of hydrogen-bond donors (Lipinski definition) is 6. The van der Waals surface area contributed by atoms with Crippen molar-refractivity contribution in [1.82, 2.24) is 0 Å². The zero-order valence-corrected chi connectivity index (χ0v) is 24.7. The Morgan fingerprint density at radius 3 is 0.500 bits per heavy atom. The second-order valence-electron chi connectivity index (χ2n) is 12.1. The first-order chi connectivity index (χ1) is 15.3. The van der Waals surface area contributed by atoms with Crippen molar-refractivity contribution < 1.29 is 30.4 Å². The Morgan fingerprint density at radius 2 is 0.441 bits per heavy atom. The number of hydrogen-bond acceptors (Lipinski definition) is 6. The van der Waals surface area contributed by atoms with Gasteiger partial charge in [0.15, 0.2) is 0 Å². The molecule has 0 saturated carbocycles. The molecule has 0 aliphatic carbocycles. The van der Waals surface area contributed by atoms with Gasteiger partial charge in [-0.2, -0.15) is 0 Å². The molecule has 0 aromatic rings. The predicted molar refractivity (Wildman–Crippen MR) is 147 cm³/mol. The van der Waals surface area contributed by atoms with Crippen molar-refractivity contribution in [3.63, 3.8) is 0 Å². The maximum Gasteiger partial charge on any atom is 0.631 e. The lowest BCUT2D eigenvalue weighted by molar-refractivity contribution is 0.125. The molecule has 210 valence electrons. The van der Waals surface area contributed by atoms with Gasteiger partial charge in [0.25, 0.3) is 0 Å². The first-order valence-electron chi connectivity index (χ1n) is 13.4. The van der Waals surface area contributed by atoms with Crippen LogP contribution in [0.1, 0.15) is 122 Å². The fraction of sp³-hybridized carbons (Fsp3) is 1.00. The lowest BCUT2D eigenvalue weighted by atomic mass is 9.98.